The molecule has 3 rings (SSSR count). The molecule has 194 valence electrons. The second-order valence-electron chi connectivity index (χ2n) is 7.10. The molecule has 0 radical (unpaired) electrons. The highest BCUT2D eigenvalue weighted by Gasteiger charge is 2.15. The molecule has 3 aromatic rings. The van der Waals surface area contributed by atoms with E-state index in [0.717, 1.165) is 21.2 Å². The standard InChI is InChI=1S/C23H25N7O2S5/c1-35-18-10-6-8-16(14-18)24-22(33)28-26-21(30-37(31,32)20-12-4-3-5-13-20)27-29-23(34)25-17-9-7-11-19(15-17)36-2/h3-15H,1-2H3,(H2,24,28,33)(H2,25,29,34)(H2,26,27,30). The minimum Gasteiger partial charge on any atom is -0.331 e. The van der Waals surface area contributed by atoms with E-state index < -0.39 is 10.0 Å². The molecule has 0 fully saturated rings. The first-order chi connectivity index (χ1) is 17.8. The summed E-state index contributed by atoms with van der Waals surface area (Å²) in [6.07, 6.45) is 3.95. The molecular weight excluding hydrogens is 567 g/mol. The van der Waals surface area contributed by atoms with E-state index in [2.05, 4.69) is 36.7 Å². The minimum absolute atomic E-state index is 0.0280. The smallest absolute Gasteiger partial charge is 0.285 e. The van der Waals surface area contributed by atoms with Gasteiger partial charge in [0.2, 0.25) is 5.96 Å². The Morgan fingerprint density at radius 2 is 1.19 bits per heavy atom. The van der Waals surface area contributed by atoms with Gasteiger partial charge in [0.1, 0.15) is 0 Å². The van der Waals surface area contributed by atoms with Gasteiger partial charge in [-0.05, 0) is 85.5 Å². The molecule has 0 unspecified atom stereocenters. The van der Waals surface area contributed by atoms with Crippen molar-refractivity contribution in [1.82, 2.24) is 21.7 Å². The Bertz CT molecular complexity index is 1300. The van der Waals surface area contributed by atoms with Gasteiger partial charge in [-0.3, -0.25) is 21.7 Å². The summed E-state index contributed by atoms with van der Waals surface area (Å²) in [5.74, 6) is -0.187. The van der Waals surface area contributed by atoms with Gasteiger partial charge in [0.05, 0.1) is 4.90 Å². The zero-order chi connectivity index (χ0) is 26.7. The van der Waals surface area contributed by atoms with E-state index in [-0.39, 0.29) is 21.1 Å². The largest absolute Gasteiger partial charge is 0.331 e. The Kier molecular flexibility index (Phi) is 10.8. The maximum Gasteiger partial charge on any atom is 0.285 e. The first-order valence-corrected chi connectivity index (χ1v) is 15.3. The third-order valence-corrected chi connectivity index (χ3v) is 7.65. The molecule has 0 saturated heterocycles. The van der Waals surface area contributed by atoms with E-state index in [9.17, 15) is 8.42 Å². The van der Waals surface area contributed by atoms with Crippen LogP contribution in [0.5, 0.6) is 0 Å². The van der Waals surface area contributed by atoms with Crippen LogP contribution in [0.3, 0.4) is 0 Å². The lowest BCUT2D eigenvalue weighted by atomic mass is 10.3. The molecule has 37 heavy (non-hydrogen) atoms. The van der Waals surface area contributed by atoms with Gasteiger partial charge in [-0.1, -0.05) is 30.3 Å². The van der Waals surface area contributed by atoms with E-state index in [1.165, 1.54) is 12.1 Å². The van der Waals surface area contributed by atoms with Crippen LogP contribution >= 0.6 is 48.0 Å². The van der Waals surface area contributed by atoms with Gasteiger partial charge in [-0.15, -0.1) is 27.9 Å². The van der Waals surface area contributed by atoms with Gasteiger partial charge in [0.25, 0.3) is 10.0 Å². The van der Waals surface area contributed by atoms with Gasteiger partial charge in [0, 0.05) is 21.2 Å². The van der Waals surface area contributed by atoms with Gasteiger partial charge in [-0.2, -0.15) is 8.42 Å². The maximum absolute atomic E-state index is 12.8. The third-order valence-electron chi connectivity index (χ3n) is 4.50. The first kappa shape index (κ1) is 28.5. The average Bonchev–Trinajstić information content (AvgIpc) is 2.91. The van der Waals surface area contributed by atoms with Crippen molar-refractivity contribution in [2.45, 2.75) is 14.7 Å². The molecule has 9 nitrogen and oxygen atoms in total. The van der Waals surface area contributed by atoms with Crippen LogP contribution in [-0.4, -0.2) is 37.1 Å². The zero-order valence-electron chi connectivity index (χ0n) is 19.8. The number of benzene rings is 3. The normalized spacial score (nSPS) is 10.5. The molecule has 0 amide bonds. The van der Waals surface area contributed by atoms with Crippen LogP contribution in [-0.2, 0) is 10.0 Å². The van der Waals surface area contributed by atoms with Crippen LogP contribution in [0.1, 0.15) is 0 Å². The number of hydrazine groups is 2. The average molecular weight is 592 g/mol. The molecule has 6 N–H and O–H groups in total. The quantitative estimate of drug-likeness (QED) is 0.0812. The fourth-order valence-corrected chi connectivity index (χ4v) is 5.00. The molecular formula is C23H25N7O2S5. The van der Waals surface area contributed by atoms with Crippen LogP contribution in [0.4, 0.5) is 11.4 Å². The van der Waals surface area contributed by atoms with Crippen molar-refractivity contribution in [3.63, 3.8) is 0 Å². The van der Waals surface area contributed by atoms with Crippen molar-refractivity contribution in [2.75, 3.05) is 23.1 Å². The number of rotatable bonds is 6. The number of guanidine groups is 1. The molecule has 0 spiro atoms. The number of hydrogen-bond donors (Lipinski definition) is 6. The number of anilines is 2. The van der Waals surface area contributed by atoms with Crippen LogP contribution < -0.4 is 32.3 Å². The highest BCUT2D eigenvalue weighted by Crippen LogP contribution is 2.19. The lowest BCUT2D eigenvalue weighted by Gasteiger charge is -2.17. The second kappa shape index (κ2) is 14.0. The first-order valence-electron chi connectivity index (χ1n) is 10.6. The predicted octanol–water partition coefficient (Wildman–Crippen LogP) is 4.16. The van der Waals surface area contributed by atoms with E-state index in [1.54, 1.807) is 41.7 Å². The number of thioether (sulfide) groups is 2. The van der Waals surface area contributed by atoms with Gasteiger partial charge in [0.15, 0.2) is 10.2 Å². The maximum atomic E-state index is 12.8. The number of nitrogens with one attached hydrogen (secondary N) is 6. The number of nitrogens with zero attached hydrogens (tertiary/aromatic N) is 1. The summed E-state index contributed by atoms with van der Waals surface area (Å²) in [6, 6.07) is 23.2. The Morgan fingerprint density at radius 3 is 1.65 bits per heavy atom. The highest BCUT2D eigenvalue weighted by atomic mass is 32.2. The number of hydrogen-bond acceptors (Lipinski definition) is 6. The monoisotopic (exact) mass is 591 g/mol. The molecule has 0 bridgehead atoms. The Morgan fingerprint density at radius 1 is 0.703 bits per heavy atom. The molecule has 3 aromatic carbocycles. The summed E-state index contributed by atoms with van der Waals surface area (Å²) >= 11 is 13.9. The third kappa shape index (κ3) is 9.40. The second-order valence-corrected chi connectivity index (χ2v) is 11.3. The molecule has 14 heteroatoms. The molecule has 0 saturated carbocycles. The summed E-state index contributed by atoms with van der Waals surface area (Å²) in [5.41, 5.74) is 12.4. The van der Waals surface area contributed by atoms with Crippen molar-refractivity contribution in [3.05, 3.63) is 78.9 Å². The minimum atomic E-state index is -4.04. The topological polar surface area (TPSA) is 119 Å². The number of thiocarbonyl (C=S) groups is 2. The lowest BCUT2D eigenvalue weighted by molar-refractivity contribution is 0.597. The molecule has 0 aromatic heterocycles. The van der Waals surface area contributed by atoms with E-state index in [1.807, 2.05) is 61.0 Å². The van der Waals surface area contributed by atoms with Crippen LogP contribution in [0, 0.1) is 0 Å². The van der Waals surface area contributed by atoms with Crippen LogP contribution in [0.25, 0.3) is 0 Å². The Labute approximate surface area is 235 Å². The number of sulfonamides is 1. The molecule has 0 heterocycles. The van der Waals surface area contributed by atoms with Gasteiger partial charge >= 0.3 is 0 Å². The molecule has 0 aliphatic rings. The van der Waals surface area contributed by atoms with Crippen molar-refractivity contribution in [2.24, 2.45) is 4.40 Å². The Hall–Kier alpha value is -3.04. The summed E-state index contributed by atoms with van der Waals surface area (Å²) in [7, 11) is -4.04. The SMILES string of the molecule is CSc1cccc(NC(=S)NNC(=NS(=O)(=O)c2ccccc2)NNC(=S)Nc2cccc(SC)c2)c1. The van der Waals surface area contributed by atoms with Crippen LogP contribution in [0.2, 0.25) is 0 Å². The highest BCUT2D eigenvalue weighted by molar-refractivity contribution is 7.98. The van der Waals surface area contributed by atoms with Crippen LogP contribution in [0.15, 0.2) is 97.9 Å². The summed E-state index contributed by atoms with van der Waals surface area (Å²) in [4.78, 5) is 2.15. The molecule has 0 atom stereocenters. The molecule has 0 aliphatic carbocycles. The summed E-state index contributed by atoms with van der Waals surface area (Å²) in [5, 5.41) is 6.44. The van der Waals surface area contributed by atoms with Crippen molar-refractivity contribution in [1.29, 1.82) is 0 Å². The van der Waals surface area contributed by atoms with Crippen molar-refractivity contribution in [3.8, 4) is 0 Å². The van der Waals surface area contributed by atoms with E-state index in [4.69, 9.17) is 24.4 Å². The zero-order valence-corrected chi connectivity index (χ0v) is 23.9. The van der Waals surface area contributed by atoms with Crippen molar-refractivity contribution >= 4 is 85.5 Å². The Balaban J connectivity index is 1.69. The summed E-state index contributed by atoms with van der Waals surface area (Å²) < 4.78 is 29.5. The van der Waals surface area contributed by atoms with E-state index in [0.29, 0.717) is 0 Å². The lowest BCUT2D eigenvalue weighted by Crippen LogP contribution is -2.55. The molecule has 0 aliphatic heterocycles. The summed E-state index contributed by atoms with van der Waals surface area (Å²) in [6.45, 7) is 0. The van der Waals surface area contributed by atoms with E-state index >= 15 is 0 Å². The predicted molar refractivity (Wildman–Crippen MR) is 162 cm³/mol. The fourth-order valence-electron chi connectivity index (χ4n) is 2.80. The fraction of sp³-hybridized carbons (Fsp3) is 0.0870. The van der Waals surface area contributed by atoms with Gasteiger partial charge in [-0.25, -0.2) is 0 Å². The van der Waals surface area contributed by atoms with Crippen molar-refractivity contribution < 1.29 is 8.42 Å². The van der Waals surface area contributed by atoms with Gasteiger partial charge < -0.3 is 10.6 Å².